The summed E-state index contributed by atoms with van der Waals surface area (Å²) < 4.78 is 1.94. The van der Waals surface area contributed by atoms with Crippen molar-refractivity contribution >= 4 is 0 Å². The molecule has 0 aliphatic carbocycles. The molecule has 2 rings (SSSR count). The second-order valence-electron chi connectivity index (χ2n) is 5.81. The first-order valence-electron chi connectivity index (χ1n) is 7.19. The van der Waals surface area contributed by atoms with E-state index in [0.29, 0.717) is 6.04 Å². The third-order valence-electron chi connectivity index (χ3n) is 4.27. The van der Waals surface area contributed by atoms with Gasteiger partial charge in [0.25, 0.3) is 0 Å². The lowest BCUT2D eigenvalue weighted by atomic mass is 10.0. The van der Waals surface area contributed by atoms with E-state index in [2.05, 4.69) is 35.1 Å². The van der Waals surface area contributed by atoms with Crippen LogP contribution in [0.5, 0.6) is 0 Å². The Bertz CT molecular complexity index is 389. The van der Waals surface area contributed by atoms with Crippen LogP contribution in [0.1, 0.15) is 18.5 Å². The van der Waals surface area contributed by atoms with Crippen molar-refractivity contribution in [2.45, 2.75) is 31.3 Å². The standard InChI is InChI=1S/C14H27N5/c1-17-9-4-10-18(2)14(11-17)13(15)6-5-12-7-8-16-19(12)3/h7-8,13-14H,4-6,9-11,15H2,1-3H3. The molecule has 1 saturated heterocycles. The molecule has 1 aromatic heterocycles. The van der Waals surface area contributed by atoms with Gasteiger partial charge in [-0.15, -0.1) is 0 Å². The molecule has 2 atom stereocenters. The Morgan fingerprint density at radius 2 is 2.16 bits per heavy atom. The van der Waals surface area contributed by atoms with Crippen LogP contribution in [0.3, 0.4) is 0 Å². The van der Waals surface area contributed by atoms with Gasteiger partial charge in [-0.2, -0.15) is 5.10 Å². The number of hydrogen-bond donors (Lipinski definition) is 1. The fourth-order valence-electron chi connectivity index (χ4n) is 2.92. The summed E-state index contributed by atoms with van der Waals surface area (Å²) in [6, 6.07) is 2.76. The first kappa shape index (κ1) is 14.5. The minimum absolute atomic E-state index is 0.223. The van der Waals surface area contributed by atoms with Gasteiger partial charge >= 0.3 is 0 Å². The molecular formula is C14H27N5. The molecule has 19 heavy (non-hydrogen) atoms. The molecule has 0 radical (unpaired) electrons. The van der Waals surface area contributed by atoms with Gasteiger partial charge in [-0.1, -0.05) is 0 Å². The molecule has 0 aromatic carbocycles. The lowest BCUT2D eigenvalue weighted by Crippen LogP contribution is -2.50. The Balaban J connectivity index is 1.90. The molecular weight excluding hydrogens is 238 g/mol. The van der Waals surface area contributed by atoms with Gasteiger partial charge in [-0.3, -0.25) is 4.68 Å². The average Bonchev–Trinajstić information content (AvgIpc) is 2.70. The van der Waals surface area contributed by atoms with E-state index in [1.54, 1.807) is 0 Å². The highest BCUT2D eigenvalue weighted by Crippen LogP contribution is 2.13. The van der Waals surface area contributed by atoms with Crippen LogP contribution in [0.2, 0.25) is 0 Å². The van der Waals surface area contributed by atoms with Crippen molar-refractivity contribution in [3.8, 4) is 0 Å². The molecule has 2 heterocycles. The maximum atomic E-state index is 6.44. The van der Waals surface area contributed by atoms with E-state index in [1.165, 1.54) is 18.7 Å². The highest BCUT2D eigenvalue weighted by atomic mass is 15.3. The quantitative estimate of drug-likeness (QED) is 0.851. The third-order valence-corrected chi connectivity index (χ3v) is 4.27. The number of likely N-dealkylation sites (N-methyl/N-ethyl adjacent to an activating group) is 2. The normalized spacial score (nSPS) is 24.3. The van der Waals surface area contributed by atoms with Crippen LogP contribution >= 0.6 is 0 Å². The van der Waals surface area contributed by atoms with Crippen LogP contribution in [0.4, 0.5) is 0 Å². The predicted octanol–water partition coefficient (Wildman–Crippen LogP) is 0.316. The van der Waals surface area contributed by atoms with Crippen molar-refractivity contribution in [1.29, 1.82) is 0 Å². The van der Waals surface area contributed by atoms with E-state index in [0.717, 1.165) is 25.9 Å². The molecule has 1 aliphatic rings. The molecule has 1 aromatic rings. The van der Waals surface area contributed by atoms with E-state index in [4.69, 9.17) is 5.73 Å². The number of nitrogens with zero attached hydrogens (tertiary/aromatic N) is 4. The molecule has 2 N–H and O–H groups in total. The second kappa shape index (κ2) is 6.50. The highest BCUT2D eigenvalue weighted by molar-refractivity contribution is 5.01. The summed E-state index contributed by atoms with van der Waals surface area (Å²) in [6.45, 7) is 3.40. The smallest absolute Gasteiger partial charge is 0.0492 e. The summed E-state index contributed by atoms with van der Waals surface area (Å²) in [4.78, 5) is 4.83. The Morgan fingerprint density at radius 3 is 2.84 bits per heavy atom. The molecule has 0 bridgehead atoms. The molecule has 5 heteroatoms. The fraction of sp³-hybridized carbons (Fsp3) is 0.786. The zero-order valence-corrected chi connectivity index (χ0v) is 12.4. The molecule has 1 aliphatic heterocycles. The monoisotopic (exact) mass is 265 g/mol. The maximum absolute atomic E-state index is 6.44. The van der Waals surface area contributed by atoms with Crippen LogP contribution in [0.15, 0.2) is 12.3 Å². The lowest BCUT2D eigenvalue weighted by Gasteiger charge is -2.32. The van der Waals surface area contributed by atoms with Crippen LogP contribution in [0.25, 0.3) is 0 Å². The summed E-state index contributed by atoms with van der Waals surface area (Å²) in [5.74, 6) is 0. The summed E-state index contributed by atoms with van der Waals surface area (Å²) in [6.07, 6.45) is 5.11. The van der Waals surface area contributed by atoms with Gasteiger partial charge in [0.05, 0.1) is 0 Å². The third kappa shape index (κ3) is 3.78. The molecule has 5 nitrogen and oxygen atoms in total. The van der Waals surface area contributed by atoms with Crippen LogP contribution in [-0.2, 0) is 13.5 Å². The lowest BCUT2D eigenvalue weighted by molar-refractivity contribution is 0.191. The number of nitrogens with two attached hydrogens (primary N) is 1. The van der Waals surface area contributed by atoms with Gasteiger partial charge in [0.1, 0.15) is 0 Å². The number of aromatic nitrogens is 2. The molecule has 0 amide bonds. The largest absolute Gasteiger partial charge is 0.326 e. The van der Waals surface area contributed by atoms with Crippen molar-refractivity contribution in [3.63, 3.8) is 0 Å². The Hall–Kier alpha value is -0.910. The van der Waals surface area contributed by atoms with Crippen molar-refractivity contribution in [2.24, 2.45) is 12.8 Å². The Kier molecular flexibility index (Phi) is 4.96. The molecule has 0 spiro atoms. The second-order valence-corrected chi connectivity index (χ2v) is 5.81. The van der Waals surface area contributed by atoms with Crippen molar-refractivity contribution in [3.05, 3.63) is 18.0 Å². The first-order valence-corrected chi connectivity index (χ1v) is 7.19. The Morgan fingerprint density at radius 1 is 1.37 bits per heavy atom. The summed E-state index contributed by atoms with van der Waals surface area (Å²) in [7, 11) is 6.39. The van der Waals surface area contributed by atoms with E-state index in [1.807, 2.05) is 17.9 Å². The van der Waals surface area contributed by atoms with Crippen LogP contribution in [0, 0.1) is 0 Å². The van der Waals surface area contributed by atoms with E-state index in [-0.39, 0.29) is 6.04 Å². The number of aryl methyl sites for hydroxylation is 2. The van der Waals surface area contributed by atoms with Gasteiger partial charge in [0.2, 0.25) is 0 Å². The van der Waals surface area contributed by atoms with Gasteiger partial charge in [-0.05, 0) is 52.5 Å². The van der Waals surface area contributed by atoms with Crippen LogP contribution in [-0.4, -0.2) is 65.4 Å². The maximum Gasteiger partial charge on any atom is 0.0492 e. The number of hydrogen-bond acceptors (Lipinski definition) is 4. The van der Waals surface area contributed by atoms with Gasteiger partial charge in [0, 0.05) is 37.6 Å². The van der Waals surface area contributed by atoms with Gasteiger partial charge < -0.3 is 15.5 Å². The fourth-order valence-corrected chi connectivity index (χ4v) is 2.92. The van der Waals surface area contributed by atoms with Crippen molar-refractivity contribution < 1.29 is 0 Å². The summed E-state index contributed by atoms with van der Waals surface area (Å²) >= 11 is 0. The Labute approximate surface area is 116 Å². The molecule has 108 valence electrons. The summed E-state index contributed by atoms with van der Waals surface area (Å²) in [5.41, 5.74) is 7.70. The van der Waals surface area contributed by atoms with Gasteiger partial charge in [-0.25, -0.2) is 0 Å². The van der Waals surface area contributed by atoms with Crippen molar-refractivity contribution in [1.82, 2.24) is 19.6 Å². The zero-order valence-electron chi connectivity index (χ0n) is 12.4. The topological polar surface area (TPSA) is 50.3 Å². The van der Waals surface area contributed by atoms with E-state index in [9.17, 15) is 0 Å². The van der Waals surface area contributed by atoms with Gasteiger partial charge in [0.15, 0.2) is 0 Å². The molecule has 1 fully saturated rings. The van der Waals surface area contributed by atoms with Crippen LogP contribution < -0.4 is 5.73 Å². The van der Waals surface area contributed by atoms with E-state index >= 15 is 0 Å². The SMILES string of the molecule is CN1CCCN(C)C(C(N)CCc2ccnn2C)C1. The van der Waals surface area contributed by atoms with E-state index < -0.39 is 0 Å². The number of rotatable bonds is 4. The summed E-state index contributed by atoms with van der Waals surface area (Å²) in [5, 5.41) is 4.21. The predicted molar refractivity (Wildman–Crippen MR) is 78.0 cm³/mol. The zero-order chi connectivity index (χ0) is 13.8. The highest BCUT2D eigenvalue weighted by Gasteiger charge is 2.25. The average molecular weight is 265 g/mol. The molecule has 0 saturated carbocycles. The first-order chi connectivity index (χ1) is 9.08. The van der Waals surface area contributed by atoms with Crippen molar-refractivity contribution in [2.75, 3.05) is 33.7 Å². The minimum atomic E-state index is 0.223. The minimum Gasteiger partial charge on any atom is -0.326 e. The molecule has 2 unspecified atom stereocenters.